The van der Waals surface area contributed by atoms with Crippen LogP contribution in [0, 0.1) is 6.92 Å². The molecule has 4 heterocycles. The fourth-order valence-electron chi connectivity index (χ4n) is 4.46. The van der Waals surface area contributed by atoms with Gasteiger partial charge in [-0.25, -0.2) is 19.7 Å². The molecule has 2 aromatic carbocycles. The van der Waals surface area contributed by atoms with Gasteiger partial charge in [-0.15, -0.1) is 11.3 Å². The molecule has 3 aromatic heterocycles. The molecule has 1 aliphatic heterocycles. The number of rotatable bonds is 5. The first-order valence-corrected chi connectivity index (χ1v) is 12.8. The van der Waals surface area contributed by atoms with E-state index in [0.717, 1.165) is 44.7 Å². The minimum Gasteiger partial charge on any atom is -0.339 e. The Bertz CT molecular complexity index is 1570. The number of urea groups is 1. The van der Waals surface area contributed by atoms with Gasteiger partial charge < -0.3 is 10.6 Å². The molecule has 6 rings (SSSR count). The molecule has 9 heteroatoms. The van der Waals surface area contributed by atoms with E-state index in [2.05, 4.69) is 25.6 Å². The van der Waals surface area contributed by atoms with E-state index in [0.29, 0.717) is 18.1 Å². The van der Waals surface area contributed by atoms with Crippen molar-refractivity contribution in [3.8, 4) is 11.3 Å². The number of aromatic nitrogens is 3. The van der Waals surface area contributed by atoms with E-state index < -0.39 is 0 Å². The van der Waals surface area contributed by atoms with Crippen LogP contribution in [0.25, 0.3) is 21.5 Å². The Morgan fingerprint density at radius 3 is 2.84 bits per heavy atom. The van der Waals surface area contributed by atoms with Crippen LogP contribution in [0.1, 0.15) is 23.6 Å². The number of carbonyl (C=O) groups is 1. The van der Waals surface area contributed by atoms with Crippen LogP contribution in [0.2, 0.25) is 0 Å². The highest BCUT2D eigenvalue weighted by Crippen LogP contribution is 2.35. The molecule has 1 saturated heterocycles. The van der Waals surface area contributed by atoms with Gasteiger partial charge in [0.05, 0.1) is 28.6 Å². The normalized spacial score (nSPS) is 15.2. The molecule has 8 nitrogen and oxygen atoms in total. The van der Waals surface area contributed by atoms with Gasteiger partial charge in [0.15, 0.2) is 0 Å². The van der Waals surface area contributed by atoms with Gasteiger partial charge in [0, 0.05) is 29.6 Å². The molecule has 37 heavy (non-hydrogen) atoms. The smallest absolute Gasteiger partial charge is 0.339 e. The van der Waals surface area contributed by atoms with Crippen molar-refractivity contribution in [3.63, 3.8) is 0 Å². The molecule has 0 aliphatic carbocycles. The van der Waals surface area contributed by atoms with Crippen LogP contribution in [-0.2, 0) is 4.84 Å². The summed E-state index contributed by atoms with van der Waals surface area (Å²) in [4.78, 5) is 32.3. The number of nitrogens with one attached hydrogen (secondary N) is 2. The Labute approximate surface area is 217 Å². The Balaban J connectivity index is 1.25. The van der Waals surface area contributed by atoms with E-state index in [1.54, 1.807) is 23.9 Å². The van der Waals surface area contributed by atoms with E-state index in [4.69, 9.17) is 4.84 Å². The number of hydrogen-bond acceptors (Lipinski definition) is 7. The second-order valence-corrected chi connectivity index (χ2v) is 9.63. The molecule has 1 aliphatic rings. The fraction of sp³-hybridized carbons (Fsp3) is 0.143. The van der Waals surface area contributed by atoms with Crippen LogP contribution in [-0.4, -0.2) is 32.7 Å². The van der Waals surface area contributed by atoms with Crippen LogP contribution in [0.15, 0.2) is 84.6 Å². The SMILES string of the molecule is Cc1ccc(NC(=O)N2OCC[C@@H]2c2ccccc2)cc1Nc1ncccc1-c1ncnc2ccsc12. The highest BCUT2D eigenvalue weighted by atomic mass is 32.1. The number of thiophene rings is 1. The quantitative estimate of drug-likeness (QED) is 0.274. The first kappa shape index (κ1) is 23.1. The van der Waals surface area contributed by atoms with E-state index in [1.165, 1.54) is 5.06 Å². The molecular formula is C28H24N6O2S. The predicted molar refractivity (Wildman–Crippen MR) is 146 cm³/mol. The molecule has 184 valence electrons. The second-order valence-electron chi connectivity index (χ2n) is 8.72. The monoisotopic (exact) mass is 508 g/mol. The molecule has 0 spiro atoms. The fourth-order valence-corrected chi connectivity index (χ4v) is 5.31. The Morgan fingerprint density at radius 1 is 1.05 bits per heavy atom. The molecule has 2 amide bonds. The Kier molecular flexibility index (Phi) is 6.21. The zero-order valence-electron chi connectivity index (χ0n) is 20.1. The van der Waals surface area contributed by atoms with Gasteiger partial charge >= 0.3 is 6.03 Å². The summed E-state index contributed by atoms with van der Waals surface area (Å²) in [5.41, 5.74) is 6.16. The molecule has 1 fully saturated rings. The first-order valence-electron chi connectivity index (χ1n) is 12.0. The zero-order valence-corrected chi connectivity index (χ0v) is 20.9. The lowest BCUT2D eigenvalue weighted by Gasteiger charge is -2.23. The number of carbonyl (C=O) groups excluding carboxylic acids is 1. The summed E-state index contributed by atoms with van der Waals surface area (Å²) >= 11 is 1.60. The van der Waals surface area contributed by atoms with Gasteiger partial charge in [-0.1, -0.05) is 36.4 Å². The van der Waals surface area contributed by atoms with Gasteiger partial charge in [0.25, 0.3) is 0 Å². The maximum absolute atomic E-state index is 13.1. The van der Waals surface area contributed by atoms with Gasteiger partial charge in [0.1, 0.15) is 12.1 Å². The van der Waals surface area contributed by atoms with E-state index in [9.17, 15) is 4.79 Å². The Hall–Kier alpha value is -4.34. The molecule has 5 aromatic rings. The second kappa shape index (κ2) is 9.96. The molecule has 1 atom stereocenters. The molecule has 0 bridgehead atoms. The summed E-state index contributed by atoms with van der Waals surface area (Å²) in [6.07, 6.45) is 4.07. The number of nitrogens with zero attached hydrogens (tertiary/aromatic N) is 4. The third-order valence-corrected chi connectivity index (χ3v) is 7.25. The van der Waals surface area contributed by atoms with Crippen molar-refractivity contribution >= 4 is 44.8 Å². The third kappa shape index (κ3) is 4.62. The maximum Gasteiger partial charge on any atom is 0.346 e. The average molecular weight is 509 g/mol. The van der Waals surface area contributed by atoms with Crippen molar-refractivity contribution in [2.75, 3.05) is 17.2 Å². The molecule has 0 saturated carbocycles. The van der Waals surface area contributed by atoms with Crippen LogP contribution < -0.4 is 10.6 Å². The van der Waals surface area contributed by atoms with E-state index in [1.807, 2.05) is 79.0 Å². The largest absolute Gasteiger partial charge is 0.346 e. The van der Waals surface area contributed by atoms with Gasteiger partial charge in [-0.2, -0.15) is 5.06 Å². The zero-order chi connectivity index (χ0) is 25.2. The van der Waals surface area contributed by atoms with E-state index in [-0.39, 0.29) is 12.1 Å². The minimum atomic E-state index is -0.305. The number of amides is 2. The standard InChI is InChI=1S/C28H24N6O2S/c1-18-9-10-20(32-28(35)34-24(11-14-36-34)19-6-3-2-4-7-19)16-23(18)33-27-21(8-5-13-29-27)25-26-22(12-15-37-26)30-17-31-25/h2-10,12-13,15-17,24H,11,14H2,1H3,(H,29,33)(H,32,35)/t24-/m1/s1. The summed E-state index contributed by atoms with van der Waals surface area (Å²) in [5, 5.41) is 9.88. The summed E-state index contributed by atoms with van der Waals surface area (Å²) in [6, 6.07) is 21.1. The average Bonchev–Trinajstić information content (AvgIpc) is 3.62. The van der Waals surface area contributed by atoms with Crippen LogP contribution in [0.5, 0.6) is 0 Å². The highest BCUT2D eigenvalue weighted by molar-refractivity contribution is 7.17. The lowest BCUT2D eigenvalue weighted by atomic mass is 10.1. The van der Waals surface area contributed by atoms with Crippen molar-refractivity contribution < 1.29 is 9.63 Å². The van der Waals surface area contributed by atoms with Crippen molar-refractivity contribution in [3.05, 3.63) is 95.8 Å². The van der Waals surface area contributed by atoms with Crippen LogP contribution in [0.4, 0.5) is 22.0 Å². The summed E-state index contributed by atoms with van der Waals surface area (Å²) < 4.78 is 1.01. The summed E-state index contributed by atoms with van der Waals surface area (Å²) in [5.74, 6) is 0.675. The van der Waals surface area contributed by atoms with Crippen LogP contribution in [0.3, 0.4) is 0 Å². The van der Waals surface area contributed by atoms with Gasteiger partial charge in [-0.05, 0) is 53.8 Å². The molecular weight excluding hydrogens is 484 g/mol. The number of aryl methyl sites for hydroxylation is 1. The Morgan fingerprint density at radius 2 is 1.95 bits per heavy atom. The molecule has 2 N–H and O–H groups in total. The summed E-state index contributed by atoms with van der Waals surface area (Å²) in [6.45, 7) is 2.50. The summed E-state index contributed by atoms with van der Waals surface area (Å²) in [7, 11) is 0. The highest BCUT2D eigenvalue weighted by Gasteiger charge is 2.31. The number of hydroxylamine groups is 2. The van der Waals surface area contributed by atoms with Crippen molar-refractivity contribution in [2.24, 2.45) is 0 Å². The number of benzene rings is 2. The van der Waals surface area contributed by atoms with Gasteiger partial charge in [-0.3, -0.25) is 4.84 Å². The van der Waals surface area contributed by atoms with Gasteiger partial charge in [0.2, 0.25) is 0 Å². The topological polar surface area (TPSA) is 92.3 Å². The van der Waals surface area contributed by atoms with Crippen molar-refractivity contribution in [1.82, 2.24) is 20.0 Å². The molecule has 0 unspecified atom stereocenters. The predicted octanol–water partition coefficient (Wildman–Crippen LogP) is 6.72. The lowest BCUT2D eigenvalue weighted by Crippen LogP contribution is -2.33. The minimum absolute atomic E-state index is 0.123. The van der Waals surface area contributed by atoms with Crippen molar-refractivity contribution in [2.45, 2.75) is 19.4 Å². The third-order valence-electron chi connectivity index (χ3n) is 6.34. The number of anilines is 3. The number of hydrogen-bond donors (Lipinski definition) is 2. The number of pyridine rings is 1. The van der Waals surface area contributed by atoms with Crippen molar-refractivity contribution in [1.29, 1.82) is 0 Å². The number of fused-ring (bicyclic) bond motifs is 1. The van der Waals surface area contributed by atoms with E-state index >= 15 is 0 Å². The van der Waals surface area contributed by atoms with Crippen LogP contribution >= 0.6 is 11.3 Å². The molecule has 0 radical (unpaired) electrons. The first-order chi connectivity index (χ1) is 18.2. The maximum atomic E-state index is 13.1. The lowest BCUT2D eigenvalue weighted by molar-refractivity contribution is -0.0829.